The van der Waals surface area contributed by atoms with Gasteiger partial charge in [-0.25, -0.2) is 0 Å². The van der Waals surface area contributed by atoms with E-state index in [1.807, 2.05) is 30.8 Å². The largest absolute Gasteiger partial charge is 0.494 e. The molecule has 0 bridgehead atoms. The Morgan fingerprint density at radius 2 is 2.21 bits per heavy atom. The van der Waals surface area contributed by atoms with Crippen LogP contribution >= 0.6 is 11.8 Å². The molecule has 1 aliphatic heterocycles. The van der Waals surface area contributed by atoms with E-state index in [-0.39, 0.29) is 0 Å². The fourth-order valence-corrected chi connectivity index (χ4v) is 2.60. The summed E-state index contributed by atoms with van der Waals surface area (Å²) in [5.74, 6) is 2.16. The van der Waals surface area contributed by atoms with E-state index in [9.17, 15) is 0 Å². The molecule has 1 heterocycles. The normalized spacial score (nSPS) is 21.1. The molecule has 1 aromatic carbocycles. The van der Waals surface area contributed by atoms with Gasteiger partial charge in [0.05, 0.1) is 12.0 Å². The molecule has 1 N–H and O–H groups in total. The van der Waals surface area contributed by atoms with Crippen LogP contribution in [0.3, 0.4) is 0 Å². The number of hydrogen-bond donors (Lipinski definition) is 1. The second-order valence-electron chi connectivity index (χ2n) is 3.21. The van der Waals surface area contributed by atoms with Crippen molar-refractivity contribution in [2.45, 2.75) is 12.3 Å². The fourth-order valence-electron chi connectivity index (χ4n) is 1.55. The van der Waals surface area contributed by atoms with Crippen molar-refractivity contribution in [3.05, 3.63) is 29.8 Å². The van der Waals surface area contributed by atoms with Crippen LogP contribution in [0, 0.1) is 0 Å². The summed E-state index contributed by atoms with van der Waals surface area (Å²) in [7, 11) is 0. The SMILES string of the molecule is CCOc1ccc([C@H]2NCCS2)cc1. The topological polar surface area (TPSA) is 21.3 Å². The van der Waals surface area contributed by atoms with Crippen molar-refractivity contribution in [1.82, 2.24) is 5.32 Å². The highest BCUT2D eigenvalue weighted by Gasteiger charge is 2.15. The van der Waals surface area contributed by atoms with Gasteiger partial charge in [-0.05, 0) is 24.6 Å². The molecule has 1 atom stereocenters. The number of hydrogen-bond acceptors (Lipinski definition) is 3. The van der Waals surface area contributed by atoms with Crippen LogP contribution in [0.15, 0.2) is 24.3 Å². The van der Waals surface area contributed by atoms with Gasteiger partial charge in [0.1, 0.15) is 5.75 Å². The van der Waals surface area contributed by atoms with E-state index in [2.05, 4.69) is 17.4 Å². The molecule has 0 aromatic heterocycles. The maximum absolute atomic E-state index is 5.40. The summed E-state index contributed by atoms with van der Waals surface area (Å²) in [6, 6.07) is 8.36. The third kappa shape index (κ3) is 2.22. The molecule has 2 rings (SSSR count). The zero-order chi connectivity index (χ0) is 9.80. The standard InChI is InChI=1S/C11H15NOS/c1-2-13-10-5-3-9(4-6-10)11-12-7-8-14-11/h3-6,11-12H,2,7-8H2,1H3/t11-/m0/s1. The maximum atomic E-state index is 5.40. The molecule has 2 nitrogen and oxygen atoms in total. The van der Waals surface area contributed by atoms with Crippen molar-refractivity contribution >= 4 is 11.8 Å². The van der Waals surface area contributed by atoms with Gasteiger partial charge in [0.15, 0.2) is 0 Å². The van der Waals surface area contributed by atoms with Crippen LogP contribution in [0.1, 0.15) is 17.9 Å². The van der Waals surface area contributed by atoms with E-state index < -0.39 is 0 Å². The first-order valence-corrected chi connectivity index (χ1v) is 6.03. The van der Waals surface area contributed by atoms with Gasteiger partial charge in [-0.15, -0.1) is 11.8 Å². The average molecular weight is 209 g/mol. The molecule has 1 aromatic rings. The Balaban J connectivity index is 2.05. The Hall–Kier alpha value is -0.670. The minimum absolute atomic E-state index is 0.477. The molecular formula is C11H15NOS. The van der Waals surface area contributed by atoms with Crippen LogP contribution in [0.4, 0.5) is 0 Å². The van der Waals surface area contributed by atoms with E-state index in [0.29, 0.717) is 5.37 Å². The van der Waals surface area contributed by atoms with Crippen molar-refractivity contribution < 1.29 is 4.74 Å². The molecule has 0 aliphatic carbocycles. The maximum Gasteiger partial charge on any atom is 0.119 e. The van der Waals surface area contributed by atoms with E-state index in [4.69, 9.17) is 4.74 Å². The first-order chi connectivity index (χ1) is 6.90. The Kier molecular flexibility index (Phi) is 3.32. The fraction of sp³-hybridized carbons (Fsp3) is 0.455. The first kappa shape index (κ1) is 9.87. The molecule has 14 heavy (non-hydrogen) atoms. The van der Waals surface area contributed by atoms with Gasteiger partial charge in [-0.3, -0.25) is 0 Å². The average Bonchev–Trinajstić information content (AvgIpc) is 2.72. The monoisotopic (exact) mass is 209 g/mol. The van der Waals surface area contributed by atoms with Gasteiger partial charge in [-0.1, -0.05) is 12.1 Å². The predicted octanol–water partition coefficient (Wildman–Crippen LogP) is 2.42. The van der Waals surface area contributed by atoms with Crippen LogP contribution in [0.5, 0.6) is 5.75 Å². The lowest BCUT2D eigenvalue weighted by molar-refractivity contribution is 0.340. The molecule has 1 aliphatic rings. The number of benzene rings is 1. The van der Waals surface area contributed by atoms with Crippen LogP contribution < -0.4 is 10.1 Å². The number of ether oxygens (including phenoxy) is 1. The second-order valence-corrected chi connectivity index (χ2v) is 4.42. The molecular weight excluding hydrogens is 194 g/mol. The first-order valence-electron chi connectivity index (χ1n) is 4.98. The van der Waals surface area contributed by atoms with Crippen LogP contribution in [-0.4, -0.2) is 18.9 Å². The van der Waals surface area contributed by atoms with Gasteiger partial charge in [0, 0.05) is 12.3 Å². The lowest BCUT2D eigenvalue weighted by Crippen LogP contribution is -2.11. The van der Waals surface area contributed by atoms with Crippen LogP contribution in [0.2, 0.25) is 0 Å². The zero-order valence-corrected chi connectivity index (χ0v) is 9.14. The predicted molar refractivity (Wildman–Crippen MR) is 60.8 cm³/mol. The quantitative estimate of drug-likeness (QED) is 0.826. The van der Waals surface area contributed by atoms with Gasteiger partial charge < -0.3 is 10.1 Å². The Bertz CT molecular complexity index is 280. The summed E-state index contributed by atoms with van der Waals surface area (Å²) >= 11 is 1.96. The molecule has 0 amide bonds. The number of thioether (sulfide) groups is 1. The van der Waals surface area contributed by atoms with Crippen molar-refractivity contribution in [3.63, 3.8) is 0 Å². The molecule has 3 heteroatoms. The highest BCUT2D eigenvalue weighted by Crippen LogP contribution is 2.30. The Labute approximate surface area is 89.0 Å². The third-order valence-electron chi connectivity index (χ3n) is 2.21. The smallest absolute Gasteiger partial charge is 0.119 e. The van der Waals surface area contributed by atoms with Crippen LogP contribution in [0.25, 0.3) is 0 Å². The minimum atomic E-state index is 0.477. The van der Waals surface area contributed by atoms with E-state index in [1.165, 1.54) is 11.3 Å². The molecule has 0 saturated carbocycles. The van der Waals surface area contributed by atoms with Crippen LogP contribution in [-0.2, 0) is 0 Å². The van der Waals surface area contributed by atoms with Gasteiger partial charge >= 0.3 is 0 Å². The molecule has 0 unspecified atom stereocenters. The highest BCUT2D eigenvalue weighted by molar-refractivity contribution is 7.99. The molecule has 1 saturated heterocycles. The van der Waals surface area contributed by atoms with E-state index in [1.54, 1.807) is 0 Å². The summed E-state index contributed by atoms with van der Waals surface area (Å²) in [4.78, 5) is 0. The van der Waals surface area contributed by atoms with Crippen molar-refractivity contribution in [2.24, 2.45) is 0 Å². The Morgan fingerprint density at radius 3 is 2.79 bits per heavy atom. The zero-order valence-electron chi connectivity index (χ0n) is 8.32. The third-order valence-corrected chi connectivity index (χ3v) is 3.42. The molecule has 76 valence electrons. The molecule has 1 fully saturated rings. The summed E-state index contributed by atoms with van der Waals surface area (Å²) in [6.45, 7) is 3.85. The van der Waals surface area contributed by atoms with Gasteiger partial charge in [0.2, 0.25) is 0 Å². The Morgan fingerprint density at radius 1 is 1.43 bits per heavy atom. The molecule has 0 spiro atoms. The second kappa shape index (κ2) is 4.71. The van der Waals surface area contributed by atoms with E-state index >= 15 is 0 Å². The number of nitrogens with one attached hydrogen (secondary N) is 1. The van der Waals surface area contributed by atoms with Crippen molar-refractivity contribution in [1.29, 1.82) is 0 Å². The summed E-state index contributed by atoms with van der Waals surface area (Å²) < 4.78 is 5.40. The van der Waals surface area contributed by atoms with Crippen molar-refractivity contribution in [2.75, 3.05) is 18.9 Å². The van der Waals surface area contributed by atoms with Gasteiger partial charge in [0.25, 0.3) is 0 Å². The summed E-state index contributed by atoms with van der Waals surface area (Å²) in [6.07, 6.45) is 0. The van der Waals surface area contributed by atoms with E-state index in [0.717, 1.165) is 18.9 Å². The minimum Gasteiger partial charge on any atom is -0.494 e. The number of rotatable bonds is 3. The summed E-state index contributed by atoms with van der Waals surface area (Å²) in [5.41, 5.74) is 1.34. The van der Waals surface area contributed by atoms with Crippen molar-refractivity contribution in [3.8, 4) is 5.75 Å². The highest BCUT2D eigenvalue weighted by atomic mass is 32.2. The lowest BCUT2D eigenvalue weighted by atomic mass is 10.2. The summed E-state index contributed by atoms with van der Waals surface area (Å²) in [5, 5.41) is 3.92. The van der Waals surface area contributed by atoms with Gasteiger partial charge in [-0.2, -0.15) is 0 Å². The lowest BCUT2D eigenvalue weighted by Gasteiger charge is -2.10. The molecule has 0 radical (unpaired) electrons.